The van der Waals surface area contributed by atoms with Gasteiger partial charge in [0.1, 0.15) is 6.04 Å². The van der Waals surface area contributed by atoms with E-state index in [9.17, 15) is 9.59 Å². The molecular formula is C33H41BrN2O2. The van der Waals surface area contributed by atoms with Crippen LogP contribution in [0, 0.1) is 0 Å². The number of carbonyl (C=O) groups excluding carboxylic acids is 2. The van der Waals surface area contributed by atoms with E-state index in [1.165, 1.54) is 5.56 Å². The minimum Gasteiger partial charge on any atom is -0.352 e. The molecule has 1 N–H and O–H groups in total. The Morgan fingerprint density at radius 1 is 0.868 bits per heavy atom. The van der Waals surface area contributed by atoms with Crippen molar-refractivity contribution in [3.8, 4) is 0 Å². The van der Waals surface area contributed by atoms with Crippen LogP contribution < -0.4 is 5.32 Å². The Balaban J connectivity index is 1.88. The van der Waals surface area contributed by atoms with Gasteiger partial charge in [-0.3, -0.25) is 9.59 Å². The lowest BCUT2D eigenvalue weighted by atomic mass is 9.86. The molecule has 0 fully saturated rings. The summed E-state index contributed by atoms with van der Waals surface area (Å²) in [5.41, 5.74) is 4.50. The van der Waals surface area contributed by atoms with Gasteiger partial charge in [0.05, 0.1) is 0 Å². The summed E-state index contributed by atoms with van der Waals surface area (Å²) in [7, 11) is 0. The second-order valence-corrected chi connectivity index (χ2v) is 12.0. The van der Waals surface area contributed by atoms with Crippen LogP contribution in [0.2, 0.25) is 0 Å². The second-order valence-electron chi connectivity index (χ2n) is 11.1. The largest absolute Gasteiger partial charge is 0.352 e. The monoisotopic (exact) mass is 576 g/mol. The maximum Gasteiger partial charge on any atom is 0.243 e. The zero-order valence-corrected chi connectivity index (χ0v) is 24.9. The molecule has 3 aromatic rings. The Morgan fingerprint density at radius 3 is 2.05 bits per heavy atom. The predicted octanol–water partition coefficient (Wildman–Crippen LogP) is 7.23. The summed E-state index contributed by atoms with van der Waals surface area (Å²) < 4.78 is 0.980. The maximum absolute atomic E-state index is 13.8. The molecule has 2 atom stereocenters. The van der Waals surface area contributed by atoms with Crippen molar-refractivity contribution in [3.63, 3.8) is 0 Å². The van der Waals surface area contributed by atoms with Crippen LogP contribution in [0.3, 0.4) is 0 Å². The maximum atomic E-state index is 13.8. The molecule has 0 heterocycles. The molecule has 0 radical (unpaired) electrons. The molecule has 0 saturated heterocycles. The molecule has 3 rings (SSSR count). The van der Waals surface area contributed by atoms with Crippen LogP contribution >= 0.6 is 15.9 Å². The molecule has 5 heteroatoms. The summed E-state index contributed by atoms with van der Waals surface area (Å²) in [5.74, 6) is -0.128. The first-order chi connectivity index (χ1) is 18.1. The molecule has 3 aromatic carbocycles. The van der Waals surface area contributed by atoms with E-state index >= 15 is 0 Å². The standard InChI is InChI=1S/C33H41BrN2O2/c1-6-24(2)35-32(38)30(22-26-10-8-7-9-11-26)36(23-27-14-19-29(34)20-15-27)31(37)21-16-25-12-17-28(18-13-25)33(3,4)5/h7-15,17-20,24,30H,6,16,21-23H2,1-5H3,(H,35,38)/t24-,30+/m1/s1. The van der Waals surface area contributed by atoms with Gasteiger partial charge in [0.2, 0.25) is 11.8 Å². The molecule has 2 amide bonds. The van der Waals surface area contributed by atoms with E-state index in [4.69, 9.17) is 0 Å². The Kier molecular flexibility index (Phi) is 10.7. The first-order valence-corrected chi connectivity index (χ1v) is 14.3. The second kappa shape index (κ2) is 13.7. The van der Waals surface area contributed by atoms with E-state index in [0.29, 0.717) is 25.8 Å². The lowest BCUT2D eigenvalue weighted by Gasteiger charge is -2.32. The van der Waals surface area contributed by atoms with Crippen LogP contribution in [0.5, 0.6) is 0 Å². The number of hydrogen-bond acceptors (Lipinski definition) is 2. The number of nitrogens with one attached hydrogen (secondary N) is 1. The van der Waals surface area contributed by atoms with Crippen LogP contribution in [-0.4, -0.2) is 28.8 Å². The molecular weight excluding hydrogens is 536 g/mol. The topological polar surface area (TPSA) is 49.4 Å². The highest BCUT2D eigenvalue weighted by Crippen LogP contribution is 2.23. The summed E-state index contributed by atoms with van der Waals surface area (Å²) in [4.78, 5) is 29.2. The fraction of sp³-hybridized carbons (Fsp3) is 0.394. The van der Waals surface area contributed by atoms with Gasteiger partial charge in [0.25, 0.3) is 0 Å². The van der Waals surface area contributed by atoms with Gasteiger partial charge in [-0.25, -0.2) is 0 Å². The summed E-state index contributed by atoms with van der Waals surface area (Å²) in [5, 5.41) is 3.13. The Hall–Kier alpha value is -2.92. The van der Waals surface area contributed by atoms with Crippen LogP contribution in [0.25, 0.3) is 0 Å². The smallest absolute Gasteiger partial charge is 0.243 e. The highest BCUT2D eigenvalue weighted by molar-refractivity contribution is 9.10. The molecule has 0 aliphatic heterocycles. The van der Waals surface area contributed by atoms with Crippen LogP contribution in [-0.2, 0) is 34.4 Å². The van der Waals surface area contributed by atoms with Crippen molar-refractivity contribution in [2.24, 2.45) is 0 Å². The molecule has 0 unspecified atom stereocenters. The highest BCUT2D eigenvalue weighted by atomic mass is 79.9. The average Bonchev–Trinajstić information content (AvgIpc) is 2.90. The molecule has 0 aliphatic carbocycles. The summed E-state index contributed by atoms with van der Waals surface area (Å²) >= 11 is 3.50. The molecule has 4 nitrogen and oxygen atoms in total. The first-order valence-electron chi connectivity index (χ1n) is 13.5. The fourth-order valence-corrected chi connectivity index (χ4v) is 4.61. The van der Waals surface area contributed by atoms with E-state index in [0.717, 1.165) is 27.6 Å². The molecule has 0 bridgehead atoms. The van der Waals surface area contributed by atoms with Crippen molar-refractivity contribution < 1.29 is 9.59 Å². The number of amides is 2. The lowest BCUT2D eigenvalue weighted by molar-refractivity contribution is -0.141. The number of benzene rings is 3. The number of aryl methyl sites for hydroxylation is 1. The van der Waals surface area contributed by atoms with E-state index in [1.807, 2.05) is 68.4 Å². The van der Waals surface area contributed by atoms with Gasteiger partial charge in [-0.15, -0.1) is 0 Å². The summed E-state index contributed by atoms with van der Waals surface area (Å²) in [6.07, 6.45) is 2.26. The Morgan fingerprint density at radius 2 is 1.47 bits per heavy atom. The van der Waals surface area contributed by atoms with Crippen LogP contribution in [0.4, 0.5) is 0 Å². The van der Waals surface area contributed by atoms with Gasteiger partial charge >= 0.3 is 0 Å². The molecule has 0 spiro atoms. The zero-order chi connectivity index (χ0) is 27.7. The van der Waals surface area contributed by atoms with Gasteiger partial charge in [-0.2, -0.15) is 0 Å². The number of halogens is 1. The van der Waals surface area contributed by atoms with Crippen LogP contribution in [0.15, 0.2) is 83.3 Å². The minimum atomic E-state index is -0.606. The molecule has 0 saturated carbocycles. The van der Waals surface area contributed by atoms with Crippen LogP contribution in [0.1, 0.15) is 69.7 Å². The highest BCUT2D eigenvalue weighted by Gasteiger charge is 2.30. The Labute approximate surface area is 237 Å². The van der Waals surface area contributed by atoms with E-state index in [2.05, 4.69) is 66.3 Å². The van der Waals surface area contributed by atoms with Crippen molar-refractivity contribution in [1.29, 1.82) is 0 Å². The van der Waals surface area contributed by atoms with Crippen molar-refractivity contribution >= 4 is 27.7 Å². The predicted molar refractivity (Wildman–Crippen MR) is 160 cm³/mol. The first kappa shape index (κ1) is 29.6. The molecule has 0 aromatic heterocycles. The summed E-state index contributed by atoms with van der Waals surface area (Å²) in [6, 6.07) is 25.9. The van der Waals surface area contributed by atoms with Gasteiger partial charge in [-0.05, 0) is 59.6 Å². The van der Waals surface area contributed by atoms with E-state index < -0.39 is 6.04 Å². The van der Waals surface area contributed by atoms with Gasteiger partial charge in [0, 0.05) is 29.9 Å². The van der Waals surface area contributed by atoms with Gasteiger partial charge in [-0.1, -0.05) is 110 Å². The quantitative estimate of drug-likeness (QED) is 0.261. The average molecular weight is 578 g/mol. The van der Waals surface area contributed by atoms with Crippen molar-refractivity contribution in [1.82, 2.24) is 10.2 Å². The van der Waals surface area contributed by atoms with Crippen molar-refractivity contribution in [2.75, 3.05) is 0 Å². The Bertz CT molecular complexity index is 1170. The lowest BCUT2D eigenvalue weighted by Crippen LogP contribution is -2.52. The number of hydrogen-bond donors (Lipinski definition) is 1. The number of rotatable bonds is 11. The molecule has 0 aliphatic rings. The van der Waals surface area contributed by atoms with Gasteiger partial charge < -0.3 is 10.2 Å². The third kappa shape index (κ3) is 8.83. The van der Waals surface area contributed by atoms with Gasteiger partial charge in [0.15, 0.2) is 0 Å². The SMILES string of the molecule is CC[C@@H](C)NC(=O)[C@H](Cc1ccccc1)N(Cc1ccc(Br)cc1)C(=O)CCc1ccc(C(C)(C)C)cc1. The third-order valence-electron chi connectivity index (χ3n) is 6.99. The minimum absolute atomic E-state index is 0.0203. The molecule has 202 valence electrons. The third-order valence-corrected chi connectivity index (χ3v) is 7.51. The number of nitrogens with zero attached hydrogens (tertiary/aromatic N) is 1. The summed E-state index contributed by atoms with van der Waals surface area (Å²) in [6.45, 7) is 11.0. The fourth-order valence-electron chi connectivity index (χ4n) is 4.35. The van der Waals surface area contributed by atoms with Crippen molar-refractivity contribution in [3.05, 3.63) is 106 Å². The van der Waals surface area contributed by atoms with E-state index in [1.54, 1.807) is 4.90 Å². The number of carbonyl (C=O) groups is 2. The van der Waals surface area contributed by atoms with E-state index in [-0.39, 0.29) is 23.3 Å². The normalized spacial score (nSPS) is 13.0. The van der Waals surface area contributed by atoms with Crippen molar-refractivity contribution in [2.45, 2.75) is 84.3 Å². The molecule has 38 heavy (non-hydrogen) atoms. The zero-order valence-electron chi connectivity index (χ0n) is 23.3.